The molecule has 2 aromatic heterocycles. The standard InChI is InChI=1S/C47H46N6O2/c1-33-28-34(25-27-48-33)44-41-29-35(45(54)50-40-21-13-26-46(55,30-40)32-52-42-22-12-11-14-36(42)31-49-52)23-24-43(41)53(51-44)47(37-15-5-2-6-16-37,38-17-7-3-8-18-38)39-19-9-4-10-20-39/h2-10,12,15-20,22-25,27,29,31,33,40,55H,11,13-14,21,26,28,30,32H2,1H3,(H,50,54)/t33?,40-,46-/m1/s1. The normalized spacial score (nSPS) is 20.9. The molecule has 0 bridgehead atoms. The highest BCUT2D eigenvalue weighted by Crippen LogP contribution is 2.44. The van der Waals surface area contributed by atoms with Gasteiger partial charge in [0, 0.05) is 23.2 Å². The van der Waals surface area contributed by atoms with Crippen LogP contribution >= 0.6 is 0 Å². The second kappa shape index (κ2) is 14.4. The van der Waals surface area contributed by atoms with E-state index in [2.05, 4.69) is 124 Å². The number of carbonyl (C=O) groups excluding carboxylic acids is 1. The monoisotopic (exact) mass is 726 g/mol. The molecule has 8 nitrogen and oxygen atoms in total. The second-order valence-electron chi connectivity index (χ2n) is 15.5. The van der Waals surface area contributed by atoms with Crippen molar-refractivity contribution in [2.45, 2.75) is 81.6 Å². The third kappa shape index (κ3) is 6.44. The fourth-order valence-corrected chi connectivity index (χ4v) is 9.09. The van der Waals surface area contributed by atoms with E-state index < -0.39 is 11.1 Å². The van der Waals surface area contributed by atoms with E-state index in [0.717, 1.165) is 76.7 Å². The number of nitrogens with zero attached hydrogens (tertiary/aromatic N) is 5. The Hall–Kier alpha value is -5.86. The molecule has 1 fully saturated rings. The molecule has 2 N–H and O–H groups in total. The number of rotatable bonds is 9. The lowest BCUT2D eigenvalue weighted by Crippen LogP contribution is -2.48. The Morgan fingerprint density at radius 2 is 1.64 bits per heavy atom. The van der Waals surface area contributed by atoms with Crippen molar-refractivity contribution in [3.63, 3.8) is 0 Å². The van der Waals surface area contributed by atoms with Gasteiger partial charge in [0.05, 0.1) is 41.3 Å². The second-order valence-corrected chi connectivity index (χ2v) is 15.5. The van der Waals surface area contributed by atoms with Gasteiger partial charge in [-0.2, -0.15) is 10.2 Å². The van der Waals surface area contributed by atoms with E-state index in [9.17, 15) is 9.90 Å². The van der Waals surface area contributed by atoms with Crippen molar-refractivity contribution < 1.29 is 9.90 Å². The molecule has 2 aliphatic carbocycles. The van der Waals surface area contributed by atoms with Gasteiger partial charge in [0.25, 0.3) is 5.91 Å². The van der Waals surface area contributed by atoms with Gasteiger partial charge in [0.15, 0.2) is 0 Å². The SMILES string of the molecule is CC1CC(c2nn(C(c3ccccc3)(c3ccccc3)c3ccccc3)c3ccc(C(=O)N[C@@H]4CCC[C@](O)(Cn5ncc6c5C=CCC6)C4)cc23)=CC=N1. The third-order valence-electron chi connectivity index (χ3n) is 11.7. The summed E-state index contributed by atoms with van der Waals surface area (Å²) in [6.07, 6.45) is 15.7. The molecule has 6 aromatic rings. The number of carbonyl (C=O) groups is 1. The number of nitrogens with one attached hydrogen (secondary N) is 1. The van der Waals surface area contributed by atoms with Crippen LogP contribution in [0.25, 0.3) is 22.6 Å². The first-order valence-electron chi connectivity index (χ1n) is 19.6. The van der Waals surface area contributed by atoms with Gasteiger partial charge < -0.3 is 10.4 Å². The van der Waals surface area contributed by atoms with Crippen LogP contribution < -0.4 is 5.32 Å². The number of aryl methyl sites for hydroxylation is 1. The summed E-state index contributed by atoms with van der Waals surface area (Å²) in [6.45, 7) is 2.53. The number of benzene rings is 4. The van der Waals surface area contributed by atoms with Crippen molar-refractivity contribution in [3.8, 4) is 0 Å². The lowest BCUT2D eigenvalue weighted by atomic mass is 9.77. The van der Waals surface area contributed by atoms with E-state index >= 15 is 0 Å². The zero-order valence-electron chi connectivity index (χ0n) is 31.2. The van der Waals surface area contributed by atoms with Gasteiger partial charge in [-0.05, 0) is 110 Å². The van der Waals surface area contributed by atoms with E-state index in [1.807, 2.05) is 47.4 Å². The van der Waals surface area contributed by atoms with Crippen LogP contribution in [0.4, 0.5) is 0 Å². The van der Waals surface area contributed by atoms with Crippen LogP contribution in [-0.2, 0) is 18.5 Å². The maximum atomic E-state index is 14.2. The third-order valence-corrected chi connectivity index (χ3v) is 11.7. The van der Waals surface area contributed by atoms with Crippen LogP contribution in [0.1, 0.15) is 89.4 Å². The van der Waals surface area contributed by atoms with Crippen LogP contribution in [0.5, 0.6) is 0 Å². The molecule has 4 aromatic carbocycles. The van der Waals surface area contributed by atoms with Crippen LogP contribution in [0.3, 0.4) is 0 Å². The Bertz CT molecular complexity index is 2330. The fourth-order valence-electron chi connectivity index (χ4n) is 9.09. The highest BCUT2D eigenvalue weighted by molar-refractivity contribution is 6.02. The predicted molar refractivity (Wildman–Crippen MR) is 219 cm³/mol. The van der Waals surface area contributed by atoms with E-state index in [1.54, 1.807) is 0 Å². The van der Waals surface area contributed by atoms with E-state index in [-0.39, 0.29) is 18.0 Å². The van der Waals surface area contributed by atoms with Gasteiger partial charge in [-0.15, -0.1) is 0 Å². The summed E-state index contributed by atoms with van der Waals surface area (Å²) in [4.78, 5) is 18.8. The Balaban J connectivity index is 1.12. The van der Waals surface area contributed by atoms with Crippen molar-refractivity contribution in [2.75, 3.05) is 0 Å². The molecule has 0 spiro atoms. The molecule has 1 unspecified atom stereocenters. The number of dihydropyridines is 1. The minimum Gasteiger partial charge on any atom is -0.388 e. The Labute approximate surface area is 321 Å². The minimum atomic E-state index is -0.957. The summed E-state index contributed by atoms with van der Waals surface area (Å²) in [5.41, 5.74) is 7.18. The molecular formula is C47H46N6O2. The highest BCUT2D eigenvalue weighted by Gasteiger charge is 2.42. The first-order valence-corrected chi connectivity index (χ1v) is 19.6. The zero-order valence-corrected chi connectivity index (χ0v) is 31.2. The first kappa shape index (κ1) is 34.9. The van der Waals surface area contributed by atoms with Crippen molar-refractivity contribution in [2.24, 2.45) is 4.99 Å². The van der Waals surface area contributed by atoms with Gasteiger partial charge >= 0.3 is 0 Å². The maximum Gasteiger partial charge on any atom is 0.251 e. The van der Waals surface area contributed by atoms with Crippen molar-refractivity contribution in [3.05, 3.63) is 167 Å². The molecule has 3 atom stereocenters. The number of hydrogen-bond acceptors (Lipinski definition) is 5. The predicted octanol–water partition coefficient (Wildman–Crippen LogP) is 8.38. The smallest absolute Gasteiger partial charge is 0.251 e. The summed E-state index contributed by atoms with van der Waals surface area (Å²) in [5.74, 6) is -0.151. The lowest BCUT2D eigenvalue weighted by Gasteiger charge is -2.37. The Morgan fingerprint density at radius 1 is 0.945 bits per heavy atom. The maximum absolute atomic E-state index is 14.2. The number of fused-ring (bicyclic) bond motifs is 2. The van der Waals surface area contributed by atoms with Crippen LogP contribution in [0.15, 0.2) is 133 Å². The summed E-state index contributed by atoms with van der Waals surface area (Å²) in [7, 11) is 0. The molecule has 9 rings (SSSR count). The number of hydrogen-bond donors (Lipinski definition) is 2. The number of aliphatic imine (C=N–C) groups is 1. The zero-order chi connectivity index (χ0) is 37.4. The number of allylic oxidation sites excluding steroid dienone is 2. The van der Waals surface area contributed by atoms with Gasteiger partial charge in [0.1, 0.15) is 5.54 Å². The molecule has 0 radical (unpaired) electrons. The Morgan fingerprint density at radius 3 is 2.31 bits per heavy atom. The van der Waals surface area contributed by atoms with Crippen molar-refractivity contribution in [1.29, 1.82) is 0 Å². The number of aliphatic hydroxyl groups is 1. The highest BCUT2D eigenvalue weighted by atomic mass is 16.3. The van der Waals surface area contributed by atoms with Crippen LogP contribution in [0.2, 0.25) is 0 Å². The average Bonchev–Trinajstić information content (AvgIpc) is 3.81. The molecule has 3 heterocycles. The molecule has 3 aliphatic rings. The summed E-state index contributed by atoms with van der Waals surface area (Å²) in [6, 6.07) is 37.6. The average molecular weight is 727 g/mol. The van der Waals surface area contributed by atoms with E-state index in [4.69, 9.17) is 5.10 Å². The first-order chi connectivity index (χ1) is 26.9. The number of aromatic nitrogens is 4. The van der Waals surface area contributed by atoms with Gasteiger partial charge in [0.2, 0.25) is 0 Å². The molecule has 1 aliphatic heterocycles. The molecule has 8 heteroatoms. The van der Waals surface area contributed by atoms with Gasteiger partial charge in [-0.3, -0.25) is 14.5 Å². The summed E-state index contributed by atoms with van der Waals surface area (Å²) < 4.78 is 4.11. The quantitative estimate of drug-likeness (QED) is 0.146. The Kier molecular flexibility index (Phi) is 9.14. The van der Waals surface area contributed by atoms with Crippen LogP contribution in [-0.4, -0.2) is 54.5 Å². The lowest BCUT2D eigenvalue weighted by molar-refractivity contribution is -0.0239. The molecule has 0 saturated heterocycles. The molecular weight excluding hydrogens is 681 g/mol. The van der Waals surface area contributed by atoms with Crippen molar-refractivity contribution in [1.82, 2.24) is 24.9 Å². The summed E-state index contributed by atoms with van der Waals surface area (Å²) in [5, 5.41) is 26.2. The van der Waals surface area contributed by atoms with E-state index in [1.165, 1.54) is 5.56 Å². The molecule has 276 valence electrons. The molecule has 55 heavy (non-hydrogen) atoms. The topological polar surface area (TPSA) is 97.3 Å². The number of amides is 1. The largest absolute Gasteiger partial charge is 0.388 e. The fraction of sp³-hybridized carbons (Fsp3) is 0.277. The molecule has 1 saturated carbocycles. The van der Waals surface area contributed by atoms with Gasteiger partial charge in [-0.25, -0.2) is 4.68 Å². The van der Waals surface area contributed by atoms with Crippen molar-refractivity contribution >= 4 is 34.7 Å². The van der Waals surface area contributed by atoms with Crippen LogP contribution in [0, 0.1) is 0 Å². The van der Waals surface area contributed by atoms with Gasteiger partial charge in [-0.1, -0.05) is 97.1 Å². The molecule has 1 amide bonds. The summed E-state index contributed by atoms with van der Waals surface area (Å²) >= 11 is 0. The van der Waals surface area contributed by atoms with E-state index in [0.29, 0.717) is 24.9 Å². The minimum absolute atomic E-state index is 0.113.